The fourth-order valence-corrected chi connectivity index (χ4v) is 1.38. The van der Waals surface area contributed by atoms with E-state index in [0.29, 0.717) is 13.1 Å². The Morgan fingerprint density at radius 1 is 0.952 bits per heavy atom. The van der Waals surface area contributed by atoms with Crippen molar-refractivity contribution in [1.82, 2.24) is 10.2 Å². The van der Waals surface area contributed by atoms with Gasteiger partial charge >= 0.3 is 12.2 Å². The van der Waals surface area contributed by atoms with Crippen molar-refractivity contribution in [3.8, 4) is 0 Å². The van der Waals surface area contributed by atoms with E-state index in [4.69, 9.17) is 14.6 Å². The van der Waals surface area contributed by atoms with E-state index < -0.39 is 23.5 Å². The van der Waals surface area contributed by atoms with Gasteiger partial charge in [-0.15, -0.1) is 0 Å². The number of ether oxygens (including phenoxy) is 2. The molecular formula is C14H28N2O5. The highest BCUT2D eigenvalue weighted by molar-refractivity contribution is 5.65. The molecule has 1 amide bonds. The van der Waals surface area contributed by atoms with Crippen LogP contribution in [-0.4, -0.2) is 59.6 Å². The van der Waals surface area contributed by atoms with Gasteiger partial charge in [-0.05, 0) is 41.5 Å². The van der Waals surface area contributed by atoms with Crippen molar-refractivity contribution >= 4 is 12.2 Å². The summed E-state index contributed by atoms with van der Waals surface area (Å²) in [6.45, 7) is 13.6. The maximum atomic E-state index is 11.0. The Morgan fingerprint density at radius 3 is 1.57 bits per heavy atom. The topological polar surface area (TPSA) is 88.1 Å². The van der Waals surface area contributed by atoms with Crippen LogP contribution in [0.2, 0.25) is 0 Å². The van der Waals surface area contributed by atoms with Crippen LogP contribution < -0.4 is 5.32 Å². The average Bonchev–Trinajstić information content (AvgIpc) is 2.25. The number of nitrogens with one attached hydrogen (secondary N) is 1. The third-order valence-corrected chi connectivity index (χ3v) is 2.17. The summed E-state index contributed by atoms with van der Waals surface area (Å²) in [4.78, 5) is 22.7. The lowest BCUT2D eigenvalue weighted by Gasteiger charge is -2.24. The summed E-state index contributed by atoms with van der Waals surface area (Å²) in [5.74, 6) is 0. The molecule has 0 unspecified atom stereocenters. The summed E-state index contributed by atoms with van der Waals surface area (Å²) in [7, 11) is 0. The number of amides is 1. The van der Waals surface area contributed by atoms with Crippen LogP contribution in [0.4, 0.5) is 9.59 Å². The number of carbonyl (C=O) groups is 2. The molecule has 1 rings (SSSR count). The third kappa shape index (κ3) is 12.0. The van der Waals surface area contributed by atoms with E-state index in [2.05, 4.69) is 5.32 Å². The number of hydrogen-bond acceptors (Lipinski definition) is 5. The van der Waals surface area contributed by atoms with Crippen LogP contribution in [0.5, 0.6) is 0 Å². The molecule has 2 N–H and O–H groups in total. The minimum absolute atomic E-state index is 0.484. The van der Waals surface area contributed by atoms with Crippen LogP contribution in [0.15, 0.2) is 0 Å². The monoisotopic (exact) mass is 304 g/mol. The van der Waals surface area contributed by atoms with Gasteiger partial charge in [0.15, 0.2) is 0 Å². The first kappa shape index (κ1) is 19.5. The molecule has 1 aliphatic heterocycles. The van der Waals surface area contributed by atoms with E-state index in [1.807, 2.05) is 0 Å². The van der Waals surface area contributed by atoms with E-state index in [-0.39, 0.29) is 0 Å². The highest BCUT2D eigenvalue weighted by atomic mass is 16.7. The van der Waals surface area contributed by atoms with Crippen LogP contribution in [0.1, 0.15) is 41.5 Å². The second kappa shape index (κ2) is 8.07. The molecule has 0 aromatic heterocycles. The van der Waals surface area contributed by atoms with Crippen LogP contribution in [0.25, 0.3) is 0 Å². The smallest absolute Gasteiger partial charge is 0.465 e. The molecule has 0 bridgehead atoms. The molecule has 0 aromatic carbocycles. The lowest BCUT2D eigenvalue weighted by Crippen LogP contribution is -2.45. The Morgan fingerprint density at radius 2 is 1.33 bits per heavy atom. The van der Waals surface area contributed by atoms with Crippen molar-refractivity contribution in [3.05, 3.63) is 0 Å². The molecule has 1 heterocycles. The van der Waals surface area contributed by atoms with Crippen molar-refractivity contribution in [1.29, 1.82) is 0 Å². The third-order valence-electron chi connectivity index (χ3n) is 2.17. The van der Waals surface area contributed by atoms with Crippen molar-refractivity contribution < 1.29 is 24.2 Å². The van der Waals surface area contributed by atoms with E-state index in [1.165, 1.54) is 4.90 Å². The van der Waals surface area contributed by atoms with Crippen LogP contribution in [-0.2, 0) is 9.47 Å². The first-order valence-corrected chi connectivity index (χ1v) is 7.01. The molecule has 0 aliphatic carbocycles. The molecular weight excluding hydrogens is 276 g/mol. The van der Waals surface area contributed by atoms with Gasteiger partial charge in [-0.3, -0.25) is 0 Å². The molecule has 7 nitrogen and oxygen atoms in total. The fourth-order valence-electron chi connectivity index (χ4n) is 1.38. The van der Waals surface area contributed by atoms with Gasteiger partial charge in [-0.1, -0.05) is 0 Å². The predicted octanol–water partition coefficient (Wildman–Crippen LogP) is 2.31. The summed E-state index contributed by atoms with van der Waals surface area (Å²) in [6, 6.07) is 0. The SMILES string of the molecule is CC(C)(C)OC(=O)OC(C)(C)C.O=C(O)N1CCNCC1. The number of piperazine rings is 1. The van der Waals surface area contributed by atoms with Gasteiger partial charge in [-0.25, -0.2) is 9.59 Å². The molecule has 7 heteroatoms. The zero-order valence-corrected chi connectivity index (χ0v) is 13.9. The quantitative estimate of drug-likeness (QED) is 0.668. The lowest BCUT2D eigenvalue weighted by atomic mass is 10.2. The lowest BCUT2D eigenvalue weighted by molar-refractivity contribution is -0.0468. The van der Waals surface area contributed by atoms with Gasteiger partial charge < -0.3 is 24.8 Å². The first-order valence-electron chi connectivity index (χ1n) is 7.01. The zero-order chi connectivity index (χ0) is 16.7. The van der Waals surface area contributed by atoms with E-state index >= 15 is 0 Å². The Kier molecular flexibility index (Phi) is 7.49. The van der Waals surface area contributed by atoms with E-state index in [9.17, 15) is 9.59 Å². The molecule has 0 atom stereocenters. The number of nitrogens with zero attached hydrogens (tertiary/aromatic N) is 1. The highest BCUT2D eigenvalue weighted by Crippen LogP contribution is 2.13. The Bertz CT molecular complexity index is 320. The summed E-state index contributed by atoms with van der Waals surface area (Å²) in [5.41, 5.74) is -0.968. The van der Waals surface area contributed by atoms with E-state index in [1.54, 1.807) is 41.5 Å². The molecule has 1 fully saturated rings. The molecule has 124 valence electrons. The summed E-state index contributed by atoms with van der Waals surface area (Å²) >= 11 is 0. The van der Waals surface area contributed by atoms with E-state index in [0.717, 1.165) is 13.1 Å². The summed E-state index contributed by atoms with van der Waals surface area (Å²) in [5, 5.41) is 11.5. The van der Waals surface area contributed by atoms with Gasteiger partial charge in [0.1, 0.15) is 11.2 Å². The molecule has 0 aromatic rings. The van der Waals surface area contributed by atoms with Crippen molar-refractivity contribution in [3.63, 3.8) is 0 Å². The van der Waals surface area contributed by atoms with Crippen LogP contribution >= 0.6 is 0 Å². The largest absolute Gasteiger partial charge is 0.509 e. The van der Waals surface area contributed by atoms with Gasteiger partial charge in [0.2, 0.25) is 0 Å². The molecule has 21 heavy (non-hydrogen) atoms. The highest BCUT2D eigenvalue weighted by Gasteiger charge is 2.22. The standard InChI is InChI=1S/C9H18O3.C5H10N2O2/c1-8(2,3)11-7(10)12-9(4,5)6;8-5(9)7-3-1-6-2-4-7/h1-6H3;6H,1-4H2,(H,8,9). The number of hydrogen-bond donors (Lipinski definition) is 2. The van der Waals surface area contributed by atoms with Gasteiger partial charge in [-0.2, -0.15) is 0 Å². The summed E-state index contributed by atoms with van der Waals surface area (Å²) in [6.07, 6.45) is -1.42. The maximum Gasteiger partial charge on any atom is 0.509 e. The maximum absolute atomic E-state index is 11.0. The Labute approximate surface area is 126 Å². The van der Waals surface area contributed by atoms with Gasteiger partial charge in [0, 0.05) is 26.2 Å². The average molecular weight is 304 g/mol. The number of carboxylic acid groups (broad SMARTS) is 1. The van der Waals surface area contributed by atoms with Crippen LogP contribution in [0.3, 0.4) is 0 Å². The van der Waals surface area contributed by atoms with Crippen molar-refractivity contribution in [2.45, 2.75) is 52.7 Å². The normalized spacial score (nSPS) is 15.6. The van der Waals surface area contributed by atoms with Gasteiger partial charge in [0.05, 0.1) is 0 Å². The molecule has 1 saturated heterocycles. The minimum atomic E-state index is -0.809. The second-order valence-electron chi connectivity index (χ2n) is 6.70. The fraction of sp³-hybridized carbons (Fsp3) is 0.857. The number of rotatable bonds is 0. The molecule has 0 radical (unpaired) electrons. The molecule has 1 aliphatic rings. The molecule has 0 saturated carbocycles. The Balaban J connectivity index is 0.000000394. The van der Waals surface area contributed by atoms with Crippen molar-refractivity contribution in [2.24, 2.45) is 0 Å². The van der Waals surface area contributed by atoms with Crippen molar-refractivity contribution in [2.75, 3.05) is 26.2 Å². The Hall–Kier alpha value is -1.50. The first-order chi connectivity index (χ1) is 9.41. The minimum Gasteiger partial charge on any atom is -0.465 e. The van der Waals surface area contributed by atoms with Crippen LogP contribution in [0, 0.1) is 0 Å². The number of carbonyl (C=O) groups excluding carboxylic acids is 1. The predicted molar refractivity (Wildman–Crippen MR) is 79.5 cm³/mol. The summed E-state index contributed by atoms with van der Waals surface area (Å²) < 4.78 is 9.91. The zero-order valence-electron chi connectivity index (χ0n) is 13.9. The second-order valence-corrected chi connectivity index (χ2v) is 6.70. The molecule has 0 spiro atoms. The van der Waals surface area contributed by atoms with Gasteiger partial charge in [0.25, 0.3) is 0 Å².